The summed E-state index contributed by atoms with van der Waals surface area (Å²) in [5, 5.41) is 0. The average Bonchev–Trinajstić information content (AvgIpc) is 1.72. The number of benzene rings is 1. The van der Waals surface area contributed by atoms with E-state index < -0.39 is 0 Å². The third-order valence-corrected chi connectivity index (χ3v) is 0.607. The summed E-state index contributed by atoms with van der Waals surface area (Å²) in [6, 6.07) is 12.5. The van der Waals surface area contributed by atoms with Gasteiger partial charge in [-0.1, -0.05) is 0 Å². The van der Waals surface area contributed by atoms with Gasteiger partial charge >= 0.3 is 20.4 Å². The van der Waals surface area contributed by atoms with Crippen molar-refractivity contribution >= 4 is 0 Å². The van der Waals surface area contributed by atoms with Gasteiger partial charge in [-0.2, -0.15) is 36.4 Å². The predicted octanol–water partition coefficient (Wildman–Crippen LogP) is 1.48. The van der Waals surface area contributed by atoms with Gasteiger partial charge < -0.3 is 0 Å². The van der Waals surface area contributed by atoms with Crippen LogP contribution in [0.15, 0.2) is 30.3 Å². The van der Waals surface area contributed by atoms with Crippen molar-refractivity contribution in [3.63, 3.8) is 0 Å². The molecule has 0 amide bonds. The second-order valence-electron chi connectivity index (χ2n) is 1.08. The van der Waals surface area contributed by atoms with Gasteiger partial charge in [-0.05, 0) is 0 Å². The van der Waals surface area contributed by atoms with Crippen LogP contribution in [0.1, 0.15) is 0 Å². The van der Waals surface area contributed by atoms with Gasteiger partial charge in [0.05, 0.1) is 0 Å². The van der Waals surface area contributed by atoms with Crippen LogP contribution in [0, 0.1) is 6.07 Å². The predicted molar refractivity (Wildman–Crippen MR) is 25.3 cm³/mol. The Kier molecular flexibility index (Phi) is 3.98. The number of hydrogen-bond acceptors (Lipinski definition) is 0. The summed E-state index contributed by atoms with van der Waals surface area (Å²) >= 11 is 0. The maximum atomic E-state index is 2.89. The molecule has 0 atom stereocenters. The molecule has 0 bridgehead atoms. The Balaban J connectivity index is 0.000000360. The first-order valence-electron chi connectivity index (χ1n) is 1.91. The van der Waals surface area contributed by atoms with E-state index in [9.17, 15) is 0 Å². The van der Waals surface area contributed by atoms with Crippen LogP contribution in [0.5, 0.6) is 0 Å². The third kappa shape index (κ3) is 2.56. The molecule has 1 aromatic rings. The van der Waals surface area contributed by atoms with Gasteiger partial charge in [-0.15, -0.1) is 0 Å². The molecule has 0 nitrogen and oxygen atoms in total. The van der Waals surface area contributed by atoms with Crippen molar-refractivity contribution in [2.24, 2.45) is 0 Å². The summed E-state index contributed by atoms with van der Waals surface area (Å²) < 4.78 is 0. The molecule has 1 heteroatoms. The molecule has 0 N–H and O–H groups in total. The minimum atomic E-state index is 0. The van der Waals surface area contributed by atoms with E-state index in [1.54, 1.807) is 0 Å². The molecule has 38 valence electrons. The fraction of sp³-hybridized carbons (Fsp3) is 0. The van der Waals surface area contributed by atoms with Gasteiger partial charge in [-0.3, -0.25) is 0 Å². The molecule has 0 aliphatic rings. The van der Waals surface area contributed by atoms with Crippen LogP contribution in [0.3, 0.4) is 0 Å². The molecule has 0 aliphatic heterocycles. The molecule has 0 saturated carbocycles. The van der Waals surface area contributed by atoms with Crippen LogP contribution in [0.2, 0.25) is 0 Å². The third-order valence-electron chi connectivity index (χ3n) is 0.607. The molecular weight excluding hydrogens is 178 g/mol. The second-order valence-corrected chi connectivity index (χ2v) is 1.08. The summed E-state index contributed by atoms with van der Waals surface area (Å²) in [6.07, 6.45) is 0. The minimum absolute atomic E-state index is 0. The van der Waals surface area contributed by atoms with Crippen molar-refractivity contribution in [3.8, 4) is 0 Å². The Bertz CT molecular complexity index is 76.1. The molecule has 7 heavy (non-hydrogen) atoms. The van der Waals surface area contributed by atoms with E-state index in [1.807, 2.05) is 30.3 Å². The van der Waals surface area contributed by atoms with Crippen molar-refractivity contribution in [2.75, 3.05) is 0 Å². The molecule has 0 radical (unpaired) electrons. The van der Waals surface area contributed by atoms with Gasteiger partial charge in [0.1, 0.15) is 0 Å². The van der Waals surface area contributed by atoms with Crippen LogP contribution in [-0.2, 0) is 20.4 Å². The van der Waals surface area contributed by atoms with Crippen molar-refractivity contribution in [3.05, 3.63) is 36.4 Å². The normalized spacial score (nSPS) is 6.86. The van der Waals surface area contributed by atoms with E-state index in [-0.39, 0.29) is 20.4 Å². The zero-order valence-corrected chi connectivity index (χ0v) is 5.26. The Morgan fingerprint density at radius 3 is 1.57 bits per heavy atom. The van der Waals surface area contributed by atoms with Crippen LogP contribution < -0.4 is 0 Å². The fourth-order valence-electron chi connectivity index (χ4n) is 0.342. The Labute approximate surface area is 57.2 Å². The van der Waals surface area contributed by atoms with Gasteiger partial charge in [0, 0.05) is 0 Å². The second kappa shape index (κ2) is 4.05. The fourth-order valence-corrected chi connectivity index (χ4v) is 0.342. The maximum Gasteiger partial charge on any atom is 2.00 e. The zero-order valence-electron chi connectivity index (χ0n) is 3.70. The summed E-state index contributed by atoms with van der Waals surface area (Å²) in [5.41, 5.74) is 0. The van der Waals surface area contributed by atoms with Gasteiger partial charge in [0.25, 0.3) is 0 Å². The Morgan fingerprint density at radius 2 is 1.43 bits per heavy atom. The van der Waals surface area contributed by atoms with Crippen LogP contribution >= 0.6 is 0 Å². The molecule has 0 spiro atoms. The first-order chi connectivity index (χ1) is 3.00. The molecular formula is C6H5Pd+. The minimum Gasteiger partial charge on any atom is -0.184 e. The van der Waals surface area contributed by atoms with Gasteiger partial charge in [-0.25, -0.2) is 0 Å². The van der Waals surface area contributed by atoms with Crippen molar-refractivity contribution in [1.82, 2.24) is 0 Å². The monoisotopic (exact) mass is 183 g/mol. The van der Waals surface area contributed by atoms with Crippen LogP contribution in [0.25, 0.3) is 0 Å². The van der Waals surface area contributed by atoms with Crippen LogP contribution in [0.4, 0.5) is 0 Å². The van der Waals surface area contributed by atoms with Gasteiger partial charge in [0.15, 0.2) is 0 Å². The van der Waals surface area contributed by atoms with E-state index in [0.717, 1.165) is 0 Å². The number of rotatable bonds is 0. The average molecular weight is 184 g/mol. The maximum absolute atomic E-state index is 2.89. The number of hydrogen-bond donors (Lipinski definition) is 0. The molecule has 0 aromatic heterocycles. The van der Waals surface area contributed by atoms with E-state index in [1.165, 1.54) is 0 Å². The standard InChI is InChI=1S/C6H5.Pd/c1-2-4-6-5-3-1;/h1-5H;/q-1;+2. The molecule has 1 aromatic carbocycles. The smallest absolute Gasteiger partial charge is 0.184 e. The summed E-state index contributed by atoms with van der Waals surface area (Å²) in [5.74, 6) is 0. The van der Waals surface area contributed by atoms with Crippen molar-refractivity contribution in [2.45, 2.75) is 0 Å². The SMILES string of the molecule is [Pd+2].[c-]1ccccc1. The molecule has 0 saturated heterocycles. The van der Waals surface area contributed by atoms with Crippen molar-refractivity contribution < 1.29 is 20.4 Å². The van der Waals surface area contributed by atoms with E-state index in [4.69, 9.17) is 0 Å². The zero-order chi connectivity index (χ0) is 4.24. The first-order valence-corrected chi connectivity index (χ1v) is 1.91. The van der Waals surface area contributed by atoms with Crippen LogP contribution in [-0.4, -0.2) is 0 Å². The largest absolute Gasteiger partial charge is 2.00 e. The van der Waals surface area contributed by atoms with E-state index in [2.05, 4.69) is 6.07 Å². The Hall–Kier alpha value is -0.118. The van der Waals surface area contributed by atoms with Crippen molar-refractivity contribution in [1.29, 1.82) is 0 Å². The first kappa shape index (κ1) is 6.88. The Morgan fingerprint density at radius 1 is 0.857 bits per heavy atom. The summed E-state index contributed by atoms with van der Waals surface area (Å²) in [4.78, 5) is 0. The summed E-state index contributed by atoms with van der Waals surface area (Å²) in [7, 11) is 0. The summed E-state index contributed by atoms with van der Waals surface area (Å²) in [6.45, 7) is 0. The van der Waals surface area contributed by atoms with Gasteiger partial charge in [0.2, 0.25) is 0 Å². The topological polar surface area (TPSA) is 0 Å². The van der Waals surface area contributed by atoms with E-state index in [0.29, 0.717) is 0 Å². The quantitative estimate of drug-likeness (QED) is 0.422. The molecule has 0 heterocycles. The van der Waals surface area contributed by atoms with E-state index >= 15 is 0 Å². The molecule has 0 unspecified atom stereocenters. The molecule has 0 aliphatic carbocycles. The molecule has 1 rings (SSSR count). The molecule has 0 fully saturated rings.